The van der Waals surface area contributed by atoms with Crippen molar-refractivity contribution in [2.75, 3.05) is 6.61 Å². The van der Waals surface area contributed by atoms with Gasteiger partial charge in [-0.25, -0.2) is 0 Å². The molecule has 2 heteroatoms. The van der Waals surface area contributed by atoms with Crippen molar-refractivity contribution < 1.29 is 4.74 Å². The maximum Gasteiger partial charge on any atom is 0.127 e. The molecule has 0 amide bonds. The predicted octanol–water partition coefficient (Wildman–Crippen LogP) is 11.2. The minimum atomic E-state index is -0.293. The van der Waals surface area contributed by atoms with E-state index in [0.717, 1.165) is 17.9 Å². The fourth-order valence-electron chi connectivity index (χ4n) is 7.14. The lowest BCUT2D eigenvalue weighted by Crippen LogP contribution is -2.29. The van der Waals surface area contributed by atoms with Crippen LogP contribution in [0.3, 0.4) is 0 Å². The highest BCUT2D eigenvalue weighted by Gasteiger charge is 2.37. The zero-order chi connectivity index (χ0) is 27.4. The fraction of sp³-hybridized carbons (Fsp3) is 0.667. The van der Waals surface area contributed by atoms with Gasteiger partial charge in [-0.3, -0.25) is 0 Å². The second kappa shape index (κ2) is 13.4. The summed E-state index contributed by atoms with van der Waals surface area (Å²) in [6.45, 7) is 19.6. The zero-order valence-corrected chi connectivity index (χ0v) is 26.7. The first-order valence-corrected chi connectivity index (χ1v) is 17.4. The molecule has 4 rings (SSSR count). The highest BCUT2D eigenvalue weighted by molar-refractivity contribution is 7.67. The molecule has 0 radical (unpaired) electrons. The molecule has 1 nitrogen and oxygen atoms in total. The molecule has 0 unspecified atom stereocenters. The summed E-state index contributed by atoms with van der Waals surface area (Å²) in [5.74, 6) is 2.71. The standard InChI is InChI=1S/C36H55OP/c1-9-37-33-21-20-27(8)34(35-31(25(4)5)22-28(24(2)3)23-32(35)26(6)7)36(33)38(29-16-12-10-13-17-29)30-18-14-11-15-19-30/h20-26,29-30H,9-19H2,1-8H3. The molecule has 0 atom stereocenters. The van der Waals surface area contributed by atoms with Gasteiger partial charge in [-0.2, -0.15) is 0 Å². The number of benzene rings is 2. The van der Waals surface area contributed by atoms with Gasteiger partial charge in [-0.1, -0.05) is 106 Å². The van der Waals surface area contributed by atoms with Crippen molar-refractivity contribution in [1.29, 1.82) is 0 Å². The molecule has 2 aromatic rings. The Kier molecular flexibility index (Phi) is 10.4. The Labute approximate surface area is 236 Å². The highest BCUT2D eigenvalue weighted by atomic mass is 31.1. The number of ether oxygens (including phenoxy) is 1. The molecule has 2 saturated carbocycles. The van der Waals surface area contributed by atoms with Gasteiger partial charge in [0.2, 0.25) is 0 Å². The van der Waals surface area contributed by atoms with Crippen LogP contribution in [0.5, 0.6) is 5.75 Å². The lowest BCUT2D eigenvalue weighted by atomic mass is 9.80. The van der Waals surface area contributed by atoms with Crippen LogP contribution in [-0.2, 0) is 0 Å². The van der Waals surface area contributed by atoms with Gasteiger partial charge >= 0.3 is 0 Å². The topological polar surface area (TPSA) is 9.23 Å². The van der Waals surface area contributed by atoms with Crippen LogP contribution in [0.2, 0.25) is 0 Å². The first kappa shape index (κ1) is 29.6. The van der Waals surface area contributed by atoms with Gasteiger partial charge in [0.05, 0.1) is 6.61 Å². The second-order valence-corrected chi connectivity index (χ2v) is 15.8. The van der Waals surface area contributed by atoms with Crippen LogP contribution in [0.25, 0.3) is 11.1 Å². The molecule has 2 fully saturated rings. The number of hydrogen-bond donors (Lipinski definition) is 0. The Morgan fingerprint density at radius 3 is 1.63 bits per heavy atom. The average molecular weight is 535 g/mol. The molecule has 38 heavy (non-hydrogen) atoms. The third kappa shape index (κ3) is 6.35. The van der Waals surface area contributed by atoms with Crippen molar-refractivity contribution in [3.63, 3.8) is 0 Å². The zero-order valence-electron chi connectivity index (χ0n) is 25.8. The summed E-state index contributed by atoms with van der Waals surface area (Å²) < 4.78 is 6.60. The van der Waals surface area contributed by atoms with Crippen LogP contribution in [0.15, 0.2) is 24.3 Å². The Bertz CT molecular complexity index is 1010. The van der Waals surface area contributed by atoms with Crippen LogP contribution >= 0.6 is 7.92 Å². The third-order valence-electron chi connectivity index (χ3n) is 9.23. The second-order valence-electron chi connectivity index (χ2n) is 13.1. The van der Waals surface area contributed by atoms with Gasteiger partial charge in [0, 0.05) is 5.30 Å². The molecule has 0 spiro atoms. The summed E-state index contributed by atoms with van der Waals surface area (Å²) in [6, 6.07) is 9.81. The van der Waals surface area contributed by atoms with Crippen molar-refractivity contribution in [2.45, 2.75) is 149 Å². The van der Waals surface area contributed by atoms with Crippen LogP contribution < -0.4 is 10.0 Å². The van der Waals surface area contributed by atoms with Gasteiger partial charge in [0.15, 0.2) is 0 Å². The van der Waals surface area contributed by atoms with Gasteiger partial charge in [0.25, 0.3) is 0 Å². The lowest BCUT2D eigenvalue weighted by Gasteiger charge is -2.41. The van der Waals surface area contributed by atoms with Crippen LogP contribution in [0, 0.1) is 6.92 Å². The van der Waals surface area contributed by atoms with Gasteiger partial charge < -0.3 is 4.74 Å². The normalized spacial score (nSPS) is 17.8. The van der Waals surface area contributed by atoms with E-state index < -0.39 is 0 Å². The third-order valence-corrected chi connectivity index (χ3v) is 12.8. The minimum Gasteiger partial charge on any atom is -0.493 e. The summed E-state index contributed by atoms with van der Waals surface area (Å²) in [6.07, 6.45) is 14.2. The molecule has 0 aromatic heterocycles. The summed E-state index contributed by atoms with van der Waals surface area (Å²) in [5, 5.41) is 1.64. The number of rotatable bonds is 9. The lowest BCUT2D eigenvalue weighted by molar-refractivity contribution is 0.343. The Balaban J connectivity index is 2.06. The van der Waals surface area contributed by atoms with E-state index in [4.69, 9.17) is 4.74 Å². The molecule has 2 aromatic carbocycles. The summed E-state index contributed by atoms with van der Waals surface area (Å²) in [4.78, 5) is 0. The molecule has 0 bridgehead atoms. The van der Waals surface area contributed by atoms with Gasteiger partial charge in [0.1, 0.15) is 5.75 Å². The fourth-order valence-corrected chi connectivity index (χ4v) is 11.3. The molecule has 0 saturated heterocycles. The highest BCUT2D eigenvalue weighted by Crippen LogP contribution is 2.58. The maximum atomic E-state index is 6.60. The van der Waals surface area contributed by atoms with Crippen molar-refractivity contribution in [1.82, 2.24) is 0 Å². The first-order chi connectivity index (χ1) is 18.2. The van der Waals surface area contributed by atoms with Crippen molar-refractivity contribution in [3.05, 3.63) is 46.5 Å². The Morgan fingerprint density at radius 2 is 1.21 bits per heavy atom. The van der Waals surface area contributed by atoms with Gasteiger partial charge in [-0.15, -0.1) is 0 Å². The quantitative estimate of drug-likeness (QED) is 0.291. The monoisotopic (exact) mass is 534 g/mol. The van der Waals surface area contributed by atoms with E-state index in [1.807, 2.05) is 0 Å². The van der Waals surface area contributed by atoms with E-state index in [-0.39, 0.29) is 7.92 Å². The number of aryl methyl sites for hydroxylation is 1. The molecule has 210 valence electrons. The first-order valence-electron chi connectivity index (χ1n) is 16.0. The smallest absolute Gasteiger partial charge is 0.127 e. The molecule has 0 aliphatic heterocycles. The van der Waals surface area contributed by atoms with E-state index in [9.17, 15) is 0 Å². The molecular formula is C36H55OP. The molecule has 2 aliphatic rings. The predicted molar refractivity (Wildman–Crippen MR) is 170 cm³/mol. The van der Waals surface area contributed by atoms with Crippen LogP contribution in [-0.4, -0.2) is 17.9 Å². The van der Waals surface area contributed by atoms with Crippen LogP contribution in [0.4, 0.5) is 0 Å². The number of hydrogen-bond acceptors (Lipinski definition) is 1. The Hall–Kier alpha value is -1.33. The molecule has 0 N–H and O–H groups in total. The van der Waals surface area contributed by atoms with Crippen molar-refractivity contribution >= 4 is 13.2 Å². The summed E-state index contributed by atoms with van der Waals surface area (Å²) >= 11 is 0. The Morgan fingerprint density at radius 1 is 0.711 bits per heavy atom. The van der Waals surface area contributed by atoms with Crippen molar-refractivity contribution in [3.8, 4) is 16.9 Å². The molecule has 2 aliphatic carbocycles. The largest absolute Gasteiger partial charge is 0.493 e. The van der Waals surface area contributed by atoms with Crippen LogP contribution in [0.1, 0.15) is 153 Å². The van der Waals surface area contributed by atoms with E-state index in [1.165, 1.54) is 81.1 Å². The minimum absolute atomic E-state index is 0.293. The SMILES string of the molecule is CCOc1ccc(C)c(-c2c(C(C)C)cc(C(C)C)cc2C(C)C)c1P(C1CCCCC1)C1CCCCC1. The molecular weight excluding hydrogens is 479 g/mol. The maximum absolute atomic E-state index is 6.60. The summed E-state index contributed by atoms with van der Waals surface area (Å²) in [7, 11) is -0.293. The van der Waals surface area contributed by atoms with E-state index in [0.29, 0.717) is 17.8 Å². The van der Waals surface area contributed by atoms with E-state index >= 15 is 0 Å². The van der Waals surface area contributed by atoms with E-state index in [2.05, 4.69) is 79.7 Å². The average Bonchev–Trinajstić information content (AvgIpc) is 2.91. The van der Waals surface area contributed by atoms with Gasteiger partial charge in [-0.05, 0) is 108 Å². The van der Waals surface area contributed by atoms with E-state index in [1.54, 1.807) is 27.6 Å². The summed E-state index contributed by atoms with van der Waals surface area (Å²) in [5.41, 5.74) is 10.8. The molecule has 0 heterocycles. The van der Waals surface area contributed by atoms with Crippen molar-refractivity contribution in [2.24, 2.45) is 0 Å².